The highest BCUT2D eigenvalue weighted by molar-refractivity contribution is 4.98. The summed E-state index contributed by atoms with van der Waals surface area (Å²) in [5, 5.41) is 0. The van der Waals surface area contributed by atoms with E-state index in [-0.39, 0.29) is 0 Å². The molecule has 1 nitrogen and oxygen atoms in total. The van der Waals surface area contributed by atoms with Crippen molar-refractivity contribution in [2.24, 2.45) is 59.2 Å². The van der Waals surface area contributed by atoms with Crippen LogP contribution < -0.4 is 0 Å². The van der Waals surface area contributed by atoms with Crippen molar-refractivity contribution in [3.8, 4) is 0 Å². The third-order valence-corrected chi connectivity index (χ3v) is 12.2. The predicted molar refractivity (Wildman–Crippen MR) is 156 cm³/mol. The molecule has 3 saturated carbocycles. The van der Waals surface area contributed by atoms with Crippen molar-refractivity contribution in [3.05, 3.63) is 0 Å². The number of hydrogen-bond acceptors (Lipinski definition) is 1. The lowest BCUT2D eigenvalue weighted by Gasteiger charge is -2.52. The van der Waals surface area contributed by atoms with Gasteiger partial charge < -0.3 is 4.74 Å². The van der Waals surface area contributed by atoms with Crippen LogP contribution in [0.4, 0.5) is 0 Å². The molecule has 0 amide bonds. The maximum absolute atomic E-state index is 7.21. The molecular formula is C35H64O. The average molecular weight is 501 g/mol. The van der Waals surface area contributed by atoms with Crippen molar-refractivity contribution in [3.63, 3.8) is 0 Å². The lowest BCUT2D eigenvalue weighted by molar-refractivity contribution is -0.113. The van der Waals surface area contributed by atoms with Crippen molar-refractivity contribution >= 4 is 0 Å². The van der Waals surface area contributed by atoms with Crippen LogP contribution in [0.1, 0.15) is 150 Å². The van der Waals surface area contributed by atoms with Crippen LogP contribution in [-0.2, 0) is 4.74 Å². The molecule has 0 N–H and O–H groups in total. The summed E-state index contributed by atoms with van der Waals surface area (Å²) in [6, 6.07) is 0. The monoisotopic (exact) mass is 500 g/mol. The van der Waals surface area contributed by atoms with Gasteiger partial charge in [-0.05, 0) is 111 Å². The fourth-order valence-corrected chi connectivity index (χ4v) is 10.2. The summed E-state index contributed by atoms with van der Waals surface area (Å²) in [5.74, 6) is 9.13. The number of unbranched alkanes of at least 4 members (excludes halogenated alkanes) is 1. The Morgan fingerprint density at radius 3 is 2.14 bits per heavy atom. The van der Waals surface area contributed by atoms with Gasteiger partial charge in [0.05, 0.1) is 12.7 Å². The largest absolute Gasteiger partial charge is 0.378 e. The molecule has 8 unspecified atom stereocenters. The van der Waals surface area contributed by atoms with Gasteiger partial charge in [0, 0.05) is 0 Å². The highest BCUT2D eigenvalue weighted by Gasteiger charge is 2.49. The van der Waals surface area contributed by atoms with E-state index in [0.717, 1.165) is 65.8 Å². The molecule has 4 fully saturated rings. The zero-order valence-corrected chi connectivity index (χ0v) is 25.2. The van der Waals surface area contributed by atoms with Crippen LogP contribution in [0.3, 0.4) is 0 Å². The van der Waals surface area contributed by atoms with Crippen molar-refractivity contribution in [2.45, 2.75) is 156 Å². The third-order valence-electron chi connectivity index (χ3n) is 12.2. The maximum atomic E-state index is 7.21. The molecule has 1 saturated heterocycles. The number of fused-ring (bicyclic) bond motifs is 3. The molecule has 0 aromatic rings. The number of ether oxygens (including phenoxy) is 1. The van der Waals surface area contributed by atoms with E-state index < -0.39 is 0 Å². The van der Waals surface area contributed by atoms with E-state index in [9.17, 15) is 0 Å². The summed E-state index contributed by atoms with van der Waals surface area (Å²) < 4.78 is 7.21. The van der Waals surface area contributed by atoms with E-state index in [1.807, 2.05) is 0 Å². The highest BCUT2D eigenvalue weighted by Crippen LogP contribution is 2.54. The van der Waals surface area contributed by atoms with Crippen LogP contribution in [0.5, 0.6) is 0 Å². The van der Waals surface area contributed by atoms with Gasteiger partial charge in [0.25, 0.3) is 0 Å². The Bertz CT molecular complexity index is 604. The molecule has 8 atom stereocenters. The molecule has 4 aliphatic rings. The molecule has 1 heteroatoms. The van der Waals surface area contributed by atoms with Crippen LogP contribution in [0.25, 0.3) is 0 Å². The molecule has 210 valence electrons. The molecule has 0 radical (unpaired) electrons. The lowest BCUT2D eigenvalue weighted by atomic mass is 9.54. The van der Waals surface area contributed by atoms with Gasteiger partial charge >= 0.3 is 0 Å². The molecule has 0 bridgehead atoms. The molecule has 3 aliphatic carbocycles. The summed E-state index contributed by atoms with van der Waals surface area (Å²) in [6.45, 7) is 13.5. The van der Waals surface area contributed by atoms with Crippen LogP contribution in [0, 0.1) is 59.2 Å². The first-order valence-electron chi connectivity index (χ1n) is 17.2. The second kappa shape index (κ2) is 14.4. The molecule has 1 heterocycles. The Kier molecular flexibility index (Phi) is 11.6. The van der Waals surface area contributed by atoms with E-state index in [0.29, 0.717) is 6.10 Å². The Morgan fingerprint density at radius 2 is 1.44 bits per heavy atom. The van der Waals surface area contributed by atoms with Crippen LogP contribution in [0.2, 0.25) is 0 Å². The smallest absolute Gasteiger partial charge is 0.0609 e. The van der Waals surface area contributed by atoms with Gasteiger partial charge in [-0.3, -0.25) is 0 Å². The number of hydrogen-bond donors (Lipinski definition) is 0. The first kappa shape index (κ1) is 29.0. The van der Waals surface area contributed by atoms with E-state index in [1.165, 1.54) is 116 Å². The quantitative estimate of drug-likeness (QED) is 0.306. The van der Waals surface area contributed by atoms with Gasteiger partial charge in [0.15, 0.2) is 0 Å². The Balaban J connectivity index is 1.59. The zero-order chi connectivity index (χ0) is 25.5. The van der Waals surface area contributed by atoms with Gasteiger partial charge in [-0.25, -0.2) is 0 Å². The lowest BCUT2D eigenvalue weighted by Crippen LogP contribution is -2.49. The van der Waals surface area contributed by atoms with E-state index in [4.69, 9.17) is 4.74 Å². The molecule has 4 rings (SSSR count). The van der Waals surface area contributed by atoms with E-state index in [2.05, 4.69) is 34.6 Å². The second-order valence-corrected chi connectivity index (χ2v) is 14.4. The molecular weight excluding hydrogens is 436 g/mol. The van der Waals surface area contributed by atoms with E-state index >= 15 is 0 Å². The number of rotatable bonds is 9. The molecule has 36 heavy (non-hydrogen) atoms. The normalized spacial score (nSPS) is 41.0. The van der Waals surface area contributed by atoms with Gasteiger partial charge in [0.2, 0.25) is 0 Å². The predicted octanol–water partition coefficient (Wildman–Crippen LogP) is 10.7. The summed E-state index contributed by atoms with van der Waals surface area (Å²) in [5.41, 5.74) is 0. The Morgan fingerprint density at radius 1 is 0.722 bits per heavy atom. The van der Waals surface area contributed by atoms with Gasteiger partial charge in [-0.1, -0.05) is 98.8 Å². The summed E-state index contributed by atoms with van der Waals surface area (Å²) in [4.78, 5) is 0. The summed E-state index contributed by atoms with van der Waals surface area (Å²) in [6.07, 6.45) is 26.8. The minimum absolute atomic E-state index is 0.559. The maximum Gasteiger partial charge on any atom is 0.0609 e. The minimum Gasteiger partial charge on any atom is -0.378 e. The van der Waals surface area contributed by atoms with E-state index in [1.54, 1.807) is 0 Å². The average Bonchev–Trinajstić information content (AvgIpc) is 2.97. The SMILES string of the molecule is CCCCC(C(C)C)C1C(CC)CCC(C2CCC(CCC)CC2)COC2CCC3CCCCC3C21. The van der Waals surface area contributed by atoms with Crippen LogP contribution in [0.15, 0.2) is 0 Å². The van der Waals surface area contributed by atoms with Gasteiger partial charge in [-0.2, -0.15) is 0 Å². The zero-order valence-electron chi connectivity index (χ0n) is 25.2. The molecule has 0 aromatic heterocycles. The Labute approximate surface area is 226 Å². The summed E-state index contributed by atoms with van der Waals surface area (Å²) >= 11 is 0. The molecule has 0 spiro atoms. The fraction of sp³-hybridized carbons (Fsp3) is 1.00. The minimum atomic E-state index is 0.559. The van der Waals surface area contributed by atoms with Crippen molar-refractivity contribution < 1.29 is 4.74 Å². The standard InChI is InChI=1S/C35H64O/c1-6-9-14-31(25(4)5)34-27(8-3)20-21-30(28-18-16-26(12-7-2)17-19-28)24-36-33-23-22-29-13-10-11-15-32(29)35(33)34/h25-35H,6-24H2,1-5H3. The molecule has 0 aromatic carbocycles. The topological polar surface area (TPSA) is 9.23 Å². The van der Waals surface area contributed by atoms with Gasteiger partial charge in [0.1, 0.15) is 0 Å². The highest BCUT2D eigenvalue weighted by atomic mass is 16.5. The van der Waals surface area contributed by atoms with Crippen LogP contribution in [-0.4, -0.2) is 12.7 Å². The van der Waals surface area contributed by atoms with Gasteiger partial charge in [-0.15, -0.1) is 0 Å². The Hall–Kier alpha value is -0.0400. The first-order valence-corrected chi connectivity index (χ1v) is 17.2. The van der Waals surface area contributed by atoms with Crippen LogP contribution >= 0.6 is 0 Å². The first-order chi connectivity index (χ1) is 17.6. The third kappa shape index (κ3) is 6.93. The second-order valence-electron chi connectivity index (χ2n) is 14.4. The van der Waals surface area contributed by atoms with Crippen molar-refractivity contribution in [2.75, 3.05) is 6.61 Å². The van der Waals surface area contributed by atoms with Crippen molar-refractivity contribution in [1.29, 1.82) is 0 Å². The van der Waals surface area contributed by atoms with Crippen molar-refractivity contribution in [1.82, 2.24) is 0 Å². The summed E-state index contributed by atoms with van der Waals surface area (Å²) in [7, 11) is 0. The molecule has 1 aliphatic heterocycles. The fourth-order valence-electron chi connectivity index (χ4n) is 10.2.